The van der Waals surface area contributed by atoms with Gasteiger partial charge in [0.05, 0.1) is 5.69 Å². The summed E-state index contributed by atoms with van der Waals surface area (Å²) < 4.78 is 0. The molecule has 0 amide bonds. The predicted octanol–water partition coefficient (Wildman–Crippen LogP) is 7.38. The number of nitrogens with zero attached hydrogens (tertiary/aromatic N) is 1. The molecule has 2 heteroatoms. The molecule has 1 nitrogen and oxygen atoms in total. The van der Waals surface area contributed by atoms with E-state index >= 15 is 0 Å². The standard InChI is InChI=1S/C26H20ClN/c1-26(2)22-11-7-6-10-20(22)21-13-12-18(14-23(21)26)24-15-19(16-25(27)28-24)17-8-4-3-5-9-17/h3-16H,1-2H3. The average molecular weight is 382 g/mol. The molecule has 0 spiro atoms. The number of halogens is 1. The topological polar surface area (TPSA) is 12.9 Å². The maximum absolute atomic E-state index is 6.38. The molecule has 28 heavy (non-hydrogen) atoms. The third-order valence-corrected chi connectivity index (χ3v) is 5.97. The zero-order valence-electron chi connectivity index (χ0n) is 15.9. The minimum Gasteiger partial charge on any atom is -0.236 e. The number of pyridine rings is 1. The van der Waals surface area contributed by atoms with Crippen molar-refractivity contribution in [2.75, 3.05) is 0 Å². The lowest BCUT2D eigenvalue weighted by molar-refractivity contribution is 0.660. The van der Waals surface area contributed by atoms with Gasteiger partial charge in [0, 0.05) is 11.0 Å². The Labute approximate surface area is 170 Å². The summed E-state index contributed by atoms with van der Waals surface area (Å²) in [4.78, 5) is 4.62. The van der Waals surface area contributed by atoms with E-state index in [0.717, 1.165) is 22.4 Å². The highest BCUT2D eigenvalue weighted by Gasteiger charge is 2.35. The molecule has 3 aromatic carbocycles. The second-order valence-corrected chi connectivity index (χ2v) is 8.25. The third kappa shape index (κ3) is 2.66. The highest BCUT2D eigenvalue weighted by Crippen LogP contribution is 2.49. The van der Waals surface area contributed by atoms with Crippen molar-refractivity contribution in [2.24, 2.45) is 0 Å². The molecule has 0 saturated carbocycles. The Morgan fingerprint density at radius 1 is 0.643 bits per heavy atom. The largest absolute Gasteiger partial charge is 0.236 e. The van der Waals surface area contributed by atoms with E-state index in [4.69, 9.17) is 11.6 Å². The Morgan fingerprint density at radius 2 is 1.36 bits per heavy atom. The fraction of sp³-hybridized carbons (Fsp3) is 0.115. The molecule has 136 valence electrons. The van der Waals surface area contributed by atoms with Crippen molar-refractivity contribution in [3.8, 4) is 33.5 Å². The lowest BCUT2D eigenvalue weighted by atomic mass is 9.82. The normalized spacial score (nSPS) is 13.8. The van der Waals surface area contributed by atoms with Crippen LogP contribution < -0.4 is 0 Å². The van der Waals surface area contributed by atoms with Gasteiger partial charge < -0.3 is 0 Å². The third-order valence-electron chi connectivity index (χ3n) is 5.78. The van der Waals surface area contributed by atoms with Gasteiger partial charge in [0.25, 0.3) is 0 Å². The Morgan fingerprint density at radius 3 is 2.18 bits per heavy atom. The van der Waals surface area contributed by atoms with E-state index in [2.05, 4.69) is 79.5 Å². The fourth-order valence-electron chi connectivity index (χ4n) is 4.31. The first-order chi connectivity index (χ1) is 13.5. The van der Waals surface area contributed by atoms with Crippen LogP contribution >= 0.6 is 11.6 Å². The van der Waals surface area contributed by atoms with Crippen LogP contribution in [-0.2, 0) is 5.41 Å². The molecule has 5 rings (SSSR count). The van der Waals surface area contributed by atoms with E-state index in [1.54, 1.807) is 0 Å². The van der Waals surface area contributed by atoms with Gasteiger partial charge >= 0.3 is 0 Å². The van der Waals surface area contributed by atoms with Crippen molar-refractivity contribution in [1.29, 1.82) is 0 Å². The van der Waals surface area contributed by atoms with Crippen LogP contribution in [0.1, 0.15) is 25.0 Å². The van der Waals surface area contributed by atoms with Crippen LogP contribution in [0.5, 0.6) is 0 Å². The van der Waals surface area contributed by atoms with Gasteiger partial charge in [-0.05, 0) is 51.6 Å². The van der Waals surface area contributed by atoms with E-state index in [-0.39, 0.29) is 5.41 Å². The molecule has 0 N–H and O–H groups in total. The number of hydrogen-bond acceptors (Lipinski definition) is 1. The molecule has 0 fully saturated rings. The maximum atomic E-state index is 6.38. The second-order valence-electron chi connectivity index (χ2n) is 7.86. The first-order valence-electron chi connectivity index (χ1n) is 9.52. The lowest BCUT2D eigenvalue weighted by Crippen LogP contribution is -2.14. The molecule has 0 atom stereocenters. The zero-order chi connectivity index (χ0) is 19.3. The molecule has 1 heterocycles. The molecular formula is C26H20ClN. The van der Waals surface area contributed by atoms with Crippen molar-refractivity contribution in [3.05, 3.63) is 101 Å². The molecule has 1 aromatic heterocycles. The van der Waals surface area contributed by atoms with Gasteiger partial charge in [0.1, 0.15) is 5.15 Å². The van der Waals surface area contributed by atoms with E-state index < -0.39 is 0 Å². The quantitative estimate of drug-likeness (QED) is 0.330. The van der Waals surface area contributed by atoms with Crippen LogP contribution in [0.2, 0.25) is 5.15 Å². The molecule has 0 bridgehead atoms. The Hall–Kier alpha value is -2.90. The van der Waals surface area contributed by atoms with Crippen molar-refractivity contribution < 1.29 is 0 Å². The van der Waals surface area contributed by atoms with Gasteiger partial charge in [-0.25, -0.2) is 4.98 Å². The molecular weight excluding hydrogens is 362 g/mol. The molecule has 4 aromatic rings. The summed E-state index contributed by atoms with van der Waals surface area (Å²) in [7, 11) is 0. The van der Waals surface area contributed by atoms with Crippen molar-refractivity contribution in [1.82, 2.24) is 4.98 Å². The van der Waals surface area contributed by atoms with E-state index in [1.807, 2.05) is 24.3 Å². The maximum Gasteiger partial charge on any atom is 0.130 e. The van der Waals surface area contributed by atoms with Gasteiger partial charge in [-0.2, -0.15) is 0 Å². The van der Waals surface area contributed by atoms with Gasteiger partial charge in [0.2, 0.25) is 0 Å². The number of hydrogen-bond donors (Lipinski definition) is 0. The van der Waals surface area contributed by atoms with Crippen LogP contribution in [0.25, 0.3) is 33.5 Å². The van der Waals surface area contributed by atoms with Crippen LogP contribution in [0, 0.1) is 0 Å². The van der Waals surface area contributed by atoms with E-state index in [9.17, 15) is 0 Å². The van der Waals surface area contributed by atoms with Crippen molar-refractivity contribution in [3.63, 3.8) is 0 Å². The second kappa shape index (κ2) is 6.32. The number of benzene rings is 3. The molecule has 1 aliphatic rings. The summed E-state index contributed by atoms with van der Waals surface area (Å²) in [6, 6.07) is 29.7. The molecule has 1 aliphatic carbocycles. The molecule has 0 saturated heterocycles. The average Bonchev–Trinajstić information content (AvgIpc) is 2.95. The monoisotopic (exact) mass is 381 g/mol. The summed E-state index contributed by atoms with van der Waals surface area (Å²) in [6.07, 6.45) is 0. The molecule has 0 radical (unpaired) electrons. The van der Waals surface area contributed by atoms with Gasteiger partial charge in [-0.1, -0.05) is 92.2 Å². The van der Waals surface area contributed by atoms with Crippen LogP contribution in [0.15, 0.2) is 84.9 Å². The molecule has 0 unspecified atom stereocenters. The van der Waals surface area contributed by atoms with Gasteiger partial charge in [0.15, 0.2) is 0 Å². The zero-order valence-corrected chi connectivity index (χ0v) is 16.7. The Bertz CT molecular complexity index is 1190. The Kier molecular flexibility index (Phi) is 3.89. The SMILES string of the molecule is CC1(C)c2ccccc2-c2ccc(-c3cc(-c4ccccc4)cc(Cl)n3)cc21. The predicted molar refractivity (Wildman–Crippen MR) is 118 cm³/mol. The first-order valence-corrected chi connectivity index (χ1v) is 9.89. The lowest BCUT2D eigenvalue weighted by Gasteiger charge is -2.22. The summed E-state index contributed by atoms with van der Waals surface area (Å²) >= 11 is 6.38. The van der Waals surface area contributed by atoms with E-state index in [0.29, 0.717) is 5.15 Å². The van der Waals surface area contributed by atoms with Crippen LogP contribution in [0.4, 0.5) is 0 Å². The van der Waals surface area contributed by atoms with Gasteiger partial charge in [-0.15, -0.1) is 0 Å². The smallest absolute Gasteiger partial charge is 0.130 e. The summed E-state index contributed by atoms with van der Waals surface area (Å²) in [6.45, 7) is 4.59. The fourth-order valence-corrected chi connectivity index (χ4v) is 4.51. The summed E-state index contributed by atoms with van der Waals surface area (Å²) in [5.41, 5.74) is 9.57. The number of aromatic nitrogens is 1. The highest BCUT2D eigenvalue weighted by atomic mass is 35.5. The highest BCUT2D eigenvalue weighted by molar-refractivity contribution is 6.29. The summed E-state index contributed by atoms with van der Waals surface area (Å²) in [5, 5.41) is 0.513. The number of fused-ring (bicyclic) bond motifs is 3. The Balaban J connectivity index is 1.65. The van der Waals surface area contributed by atoms with Crippen molar-refractivity contribution in [2.45, 2.75) is 19.3 Å². The van der Waals surface area contributed by atoms with Crippen molar-refractivity contribution >= 4 is 11.6 Å². The molecule has 0 aliphatic heterocycles. The van der Waals surface area contributed by atoms with E-state index in [1.165, 1.54) is 22.3 Å². The summed E-state index contributed by atoms with van der Waals surface area (Å²) in [5.74, 6) is 0. The number of rotatable bonds is 2. The minimum absolute atomic E-state index is 0.0250. The van der Waals surface area contributed by atoms with Gasteiger partial charge in [-0.3, -0.25) is 0 Å². The van der Waals surface area contributed by atoms with Crippen LogP contribution in [0.3, 0.4) is 0 Å². The minimum atomic E-state index is -0.0250. The first kappa shape index (κ1) is 17.2. The van der Waals surface area contributed by atoms with Crippen LogP contribution in [-0.4, -0.2) is 4.98 Å².